The van der Waals surface area contributed by atoms with Crippen LogP contribution in [0.1, 0.15) is 37.3 Å². The molecule has 7 heteroatoms. The quantitative estimate of drug-likeness (QED) is 0.685. The zero-order valence-electron chi connectivity index (χ0n) is 17.4. The molecule has 2 aromatic heterocycles. The van der Waals surface area contributed by atoms with E-state index in [0.29, 0.717) is 19.3 Å². The molecule has 3 aromatic rings. The fourth-order valence-corrected chi connectivity index (χ4v) is 4.34. The number of fused-ring (bicyclic) bond motifs is 1. The van der Waals surface area contributed by atoms with Crippen LogP contribution in [0.5, 0.6) is 11.5 Å². The maximum absolute atomic E-state index is 12.5. The van der Waals surface area contributed by atoms with Crippen molar-refractivity contribution in [1.29, 1.82) is 0 Å². The van der Waals surface area contributed by atoms with Gasteiger partial charge < -0.3 is 14.8 Å². The van der Waals surface area contributed by atoms with E-state index in [2.05, 4.69) is 27.5 Å². The van der Waals surface area contributed by atoms with Crippen molar-refractivity contribution >= 4 is 0 Å². The molecule has 160 valence electrons. The first-order valence-corrected chi connectivity index (χ1v) is 10.9. The van der Waals surface area contributed by atoms with Gasteiger partial charge in [-0.1, -0.05) is 6.07 Å². The van der Waals surface area contributed by atoms with Gasteiger partial charge in [-0.15, -0.1) is 0 Å². The summed E-state index contributed by atoms with van der Waals surface area (Å²) >= 11 is 0. The molecule has 2 aliphatic rings. The van der Waals surface area contributed by atoms with Crippen LogP contribution in [0.15, 0.2) is 59.7 Å². The number of hydrogen-bond acceptors (Lipinski definition) is 6. The van der Waals surface area contributed by atoms with Crippen molar-refractivity contribution in [2.24, 2.45) is 0 Å². The van der Waals surface area contributed by atoms with Gasteiger partial charge in [0.1, 0.15) is 13.2 Å². The molecule has 1 saturated carbocycles. The fraction of sp³-hybridized carbons (Fsp3) is 0.375. The Morgan fingerprint density at radius 3 is 2.65 bits per heavy atom. The molecule has 0 radical (unpaired) electrons. The van der Waals surface area contributed by atoms with Crippen molar-refractivity contribution in [2.75, 3.05) is 13.2 Å². The van der Waals surface area contributed by atoms with Crippen molar-refractivity contribution in [3.8, 4) is 22.8 Å². The molecule has 0 spiro atoms. The summed E-state index contributed by atoms with van der Waals surface area (Å²) in [6.07, 6.45) is 7.40. The highest BCUT2D eigenvalue weighted by atomic mass is 16.6. The number of nitrogens with one attached hydrogen (secondary N) is 1. The van der Waals surface area contributed by atoms with E-state index < -0.39 is 0 Å². The molecule has 3 heterocycles. The Bertz CT molecular complexity index is 1090. The summed E-state index contributed by atoms with van der Waals surface area (Å²) in [5.41, 5.74) is 2.85. The monoisotopic (exact) mass is 418 g/mol. The van der Waals surface area contributed by atoms with Crippen LogP contribution >= 0.6 is 0 Å². The van der Waals surface area contributed by atoms with Gasteiger partial charge in [-0.25, -0.2) is 4.68 Å². The van der Waals surface area contributed by atoms with E-state index in [4.69, 9.17) is 9.47 Å². The van der Waals surface area contributed by atoms with Crippen molar-refractivity contribution in [3.05, 3.63) is 70.8 Å². The molecule has 0 atom stereocenters. The van der Waals surface area contributed by atoms with Crippen LogP contribution in [0.4, 0.5) is 0 Å². The summed E-state index contributed by atoms with van der Waals surface area (Å²) in [7, 11) is 0. The van der Waals surface area contributed by atoms with E-state index in [1.54, 1.807) is 29.2 Å². The van der Waals surface area contributed by atoms with Gasteiger partial charge >= 0.3 is 0 Å². The Morgan fingerprint density at radius 1 is 1.00 bits per heavy atom. The summed E-state index contributed by atoms with van der Waals surface area (Å²) in [6, 6.07) is 13.9. The highest BCUT2D eigenvalue weighted by molar-refractivity contribution is 5.56. The van der Waals surface area contributed by atoms with Crippen LogP contribution in [0.2, 0.25) is 0 Å². The minimum atomic E-state index is -0.0414. The molecule has 7 nitrogen and oxygen atoms in total. The van der Waals surface area contributed by atoms with Gasteiger partial charge in [0.25, 0.3) is 5.56 Å². The van der Waals surface area contributed by atoms with Gasteiger partial charge in [0, 0.05) is 36.6 Å². The number of aromatic nitrogens is 3. The van der Waals surface area contributed by atoms with Crippen LogP contribution in [0.3, 0.4) is 0 Å². The first-order valence-electron chi connectivity index (χ1n) is 10.9. The largest absolute Gasteiger partial charge is 0.486 e. The van der Waals surface area contributed by atoms with E-state index in [1.807, 2.05) is 18.2 Å². The lowest BCUT2D eigenvalue weighted by Crippen LogP contribution is -2.36. The van der Waals surface area contributed by atoms with Gasteiger partial charge in [0.2, 0.25) is 0 Å². The topological polar surface area (TPSA) is 78.3 Å². The first-order chi connectivity index (χ1) is 15.3. The number of rotatable bonds is 5. The number of hydrogen-bond donors (Lipinski definition) is 1. The van der Waals surface area contributed by atoms with E-state index in [1.165, 1.54) is 5.56 Å². The average molecular weight is 418 g/mol. The van der Waals surface area contributed by atoms with Crippen molar-refractivity contribution in [2.45, 2.75) is 44.3 Å². The Morgan fingerprint density at radius 2 is 1.84 bits per heavy atom. The van der Waals surface area contributed by atoms with Crippen LogP contribution in [-0.4, -0.2) is 34.0 Å². The van der Waals surface area contributed by atoms with Gasteiger partial charge in [0.05, 0.1) is 11.7 Å². The van der Waals surface area contributed by atoms with Crippen molar-refractivity contribution < 1.29 is 9.47 Å². The Labute approximate surface area is 181 Å². The first kappa shape index (κ1) is 19.8. The fourth-order valence-electron chi connectivity index (χ4n) is 4.34. The van der Waals surface area contributed by atoms with Crippen LogP contribution in [0, 0.1) is 0 Å². The van der Waals surface area contributed by atoms with Gasteiger partial charge in [-0.05, 0) is 61.6 Å². The molecule has 0 amide bonds. The van der Waals surface area contributed by atoms with Gasteiger partial charge in [-0.2, -0.15) is 5.10 Å². The van der Waals surface area contributed by atoms with Crippen molar-refractivity contribution in [1.82, 2.24) is 20.1 Å². The lowest BCUT2D eigenvalue weighted by Gasteiger charge is -2.30. The number of benzene rings is 1. The number of nitrogens with zero attached hydrogens (tertiary/aromatic N) is 3. The minimum absolute atomic E-state index is 0.0414. The third-order valence-electron chi connectivity index (χ3n) is 6.03. The van der Waals surface area contributed by atoms with Gasteiger partial charge in [-0.3, -0.25) is 9.78 Å². The molecular weight excluding hydrogens is 392 g/mol. The SMILES string of the molecule is O=c1ccc(-c2cccnc2)nn1C1CCC(NCc2ccc3c(c2)OCCO3)CC1. The highest BCUT2D eigenvalue weighted by Gasteiger charge is 2.24. The Kier molecular flexibility index (Phi) is 5.67. The zero-order valence-corrected chi connectivity index (χ0v) is 17.4. The summed E-state index contributed by atoms with van der Waals surface area (Å²) in [4.78, 5) is 16.6. The molecule has 31 heavy (non-hydrogen) atoms. The third kappa shape index (κ3) is 4.46. The molecule has 1 N–H and O–H groups in total. The smallest absolute Gasteiger partial charge is 0.267 e. The molecule has 0 saturated heterocycles. The lowest BCUT2D eigenvalue weighted by atomic mass is 9.91. The van der Waals surface area contributed by atoms with Gasteiger partial charge in [0.15, 0.2) is 11.5 Å². The maximum Gasteiger partial charge on any atom is 0.267 e. The normalized spacial score (nSPS) is 20.4. The molecule has 1 aliphatic heterocycles. The molecule has 0 bridgehead atoms. The molecular formula is C24H26N4O3. The Hall–Kier alpha value is -3.19. The second-order valence-corrected chi connectivity index (χ2v) is 8.11. The molecule has 1 fully saturated rings. The summed E-state index contributed by atoms with van der Waals surface area (Å²) in [6.45, 7) is 2.00. The van der Waals surface area contributed by atoms with Crippen LogP contribution < -0.4 is 20.3 Å². The lowest BCUT2D eigenvalue weighted by molar-refractivity contribution is 0.171. The second-order valence-electron chi connectivity index (χ2n) is 8.11. The Balaban J connectivity index is 1.19. The van der Waals surface area contributed by atoms with Crippen molar-refractivity contribution in [3.63, 3.8) is 0 Å². The predicted octanol–water partition coefficient (Wildman–Crippen LogP) is 3.35. The molecule has 1 aromatic carbocycles. The predicted molar refractivity (Wildman–Crippen MR) is 117 cm³/mol. The van der Waals surface area contributed by atoms with E-state index in [-0.39, 0.29) is 11.6 Å². The highest BCUT2D eigenvalue weighted by Crippen LogP contribution is 2.31. The summed E-state index contributed by atoms with van der Waals surface area (Å²) in [5.74, 6) is 1.65. The molecule has 1 aliphatic carbocycles. The third-order valence-corrected chi connectivity index (χ3v) is 6.03. The number of ether oxygens (including phenoxy) is 2. The second kappa shape index (κ2) is 8.89. The minimum Gasteiger partial charge on any atom is -0.486 e. The summed E-state index contributed by atoms with van der Waals surface area (Å²) < 4.78 is 12.9. The zero-order chi connectivity index (χ0) is 21.0. The van der Waals surface area contributed by atoms with Crippen LogP contribution in [-0.2, 0) is 6.54 Å². The maximum atomic E-state index is 12.5. The molecule has 5 rings (SSSR count). The van der Waals surface area contributed by atoms with E-state index in [9.17, 15) is 4.79 Å². The van der Waals surface area contributed by atoms with Crippen LogP contribution in [0.25, 0.3) is 11.3 Å². The molecule has 0 unspecified atom stereocenters. The summed E-state index contributed by atoms with van der Waals surface area (Å²) in [5, 5.41) is 8.30. The standard InChI is InChI=1S/C24H26N4O3/c29-24-10-8-21(18-2-1-11-25-16-18)27-28(24)20-6-4-19(5-7-20)26-15-17-3-9-22-23(14-17)31-13-12-30-22/h1-3,8-11,14,16,19-20,26H,4-7,12-13,15H2. The number of pyridine rings is 1. The average Bonchev–Trinajstić information content (AvgIpc) is 2.84. The van der Waals surface area contributed by atoms with E-state index >= 15 is 0 Å². The van der Waals surface area contributed by atoms with E-state index in [0.717, 1.165) is 55.0 Å².